The number of benzene rings is 1. The standard InChI is InChI=1S/C18H28N2/c1-2-5-18(14-19-17-8-9-17)20-12-10-15-6-3-4-7-16(15)11-13-20/h3-4,6-7,17-19H,2,5,8-14H2,1H3. The molecule has 0 saturated heterocycles. The van der Waals surface area contributed by atoms with Crippen molar-refractivity contribution in [3.8, 4) is 0 Å². The Morgan fingerprint density at radius 3 is 2.35 bits per heavy atom. The summed E-state index contributed by atoms with van der Waals surface area (Å²) in [5, 5.41) is 3.74. The minimum Gasteiger partial charge on any atom is -0.312 e. The van der Waals surface area contributed by atoms with Crippen LogP contribution in [-0.4, -0.2) is 36.6 Å². The van der Waals surface area contributed by atoms with Crippen molar-refractivity contribution >= 4 is 0 Å². The molecule has 2 aliphatic rings. The smallest absolute Gasteiger partial charge is 0.0220 e. The summed E-state index contributed by atoms with van der Waals surface area (Å²) in [6, 6.07) is 10.6. The van der Waals surface area contributed by atoms with Crippen molar-refractivity contribution in [3.63, 3.8) is 0 Å². The molecule has 1 fully saturated rings. The largest absolute Gasteiger partial charge is 0.312 e. The highest BCUT2D eigenvalue weighted by atomic mass is 15.2. The maximum Gasteiger partial charge on any atom is 0.0220 e. The topological polar surface area (TPSA) is 15.3 Å². The first-order chi connectivity index (χ1) is 9.86. The fourth-order valence-corrected chi connectivity index (χ4v) is 3.39. The van der Waals surface area contributed by atoms with Crippen molar-refractivity contribution in [1.29, 1.82) is 0 Å². The third kappa shape index (κ3) is 3.62. The minimum atomic E-state index is 0.731. The summed E-state index contributed by atoms with van der Waals surface area (Å²) < 4.78 is 0. The van der Waals surface area contributed by atoms with E-state index in [1.54, 1.807) is 11.1 Å². The van der Waals surface area contributed by atoms with E-state index >= 15 is 0 Å². The molecule has 20 heavy (non-hydrogen) atoms. The molecule has 2 heteroatoms. The van der Waals surface area contributed by atoms with E-state index in [1.807, 2.05) is 0 Å². The van der Waals surface area contributed by atoms with Gasteiger partial charge in [-0.2, -0.15) is 0 Å². The van der Waals surface area contributed by atoms with Gasteiger partial charge in [0.05, 0.1) is 0 Å². The Balaban J connectivity index is 1.60. The Kier molecular flexibility index (Phi) is 4.74. The van der Waals surface area contributed by atoms with E-state index < -0.39 is 0 Å². The number of hydrogen-bond donors (Lipinski definition) is 1. The Bertz CT molecular complexity index is 398. The maximum atomic E-state index is 3.74. The van der Waals surface area contributed by atoms with Crippen LogP contribution >= 0.6 is 0 Å². The van der Waals surface area contributed by atoms with Crippen LogP contribution < -0.4 is 5.32 Å². The second-order valence-electron chi connectivity index (χ2n) is 6.43. The zero-order chi connectivity index (χ0) is 13.8. The van der Waals surface area contributed by atoms with Gasteiger partial charge < -0.3 is 5.32 Å². The molecule has 1 atom stereocenters. The average molecular weight is 272 g/mol. The molecule has 1 aromatic rings. The summed E-state index contributed by atoms with van der Waals surface area (Å²) in [6.45, 7) is 5.97. The molecule has 0 amide bonds. The van der Waals surface area contributed by atoms with Gasteiger partial charge in [-0.3, -0.25) is 4.90 Å². The lowest BCUT2D eigenvalue weighted by Crippen LogP contribution is -2.44. The predicted molar refractivity (Wildman–Crippen MR) is 85.1 cm³/mol. The van der Waals surface area contributed by atoms with Crippen molar-refractivity contribution in [1.82, 2.24) is 10.2 Å². The molecule has 0 aromatic heterocycles. The molecule has 1 unspecified atom stereocenters. The summed E-state index contributed by atoms with van der Waals surface area (Å²) in [5.74, 6) is 0. The van der Waals surface area contributed by atoms with E-state index in [0.717, 1.165) is 12.1 Å². The average Bonchev–Trinajstić information content (AvgIpc) is 3.30. The van der Waals surface area contributed by atoms with Gasteiger partial charge in [0.15, 0.2) is 0 Å². The number of nitrogens with zero attached hydrogens (tertiary/aromatic N) is 1. The van der Waals surface area contributed by atoms with E-state index in [1.165, 1.54) is 58.2 Å². The van der Waals surface area contributed by atoms with Crippen LogP contribution in [0.1, 0.15) is 43.7 Å². The molecule has 0 radical (unpaired) electrons. The Labute approximate surface area is 123 Å². The first-order valence-electron chi connectivity index (χ1n) is 8.41. The minimum absolute atomic E-state index is 0.731. The van der Waals surface area contributed by atoms with Gasteiger partial charge in [0.2, 0.25) is 0 Å². The van der Waals surface area contributed by atoms with Crippen LogP contribution in [-0.2, 0) is 12.8 Å². The molecular weight excluding hydrogens is 244 g/mol. The van der Waals surface area contributed by atoms with Crippen molar-refractivity contribution < 1.29 is 0 Å². The highest BCUT2D eigenvalue weighted by Gasteiger charge is 2.25. The van der Waals surface area contributed by atoms with Gasteiger partial charge in [-0.1, -0.05) is 37.6 Å². The third-order valence-electron chi connectivity index (χ3n) is 4.81. The molecule has 1 saturated carbocycles. The molecule has 110 valence electrons. The van der Waals surface area contributed by atoms with Gasteiger partial charge in [-0.15, -0.1) is 0 Å². The van der Waals surface area contributed by atoms with Crippen molar-refractivity contribution in [2.24, 2.45) is 0 Å². The predicted octanol–water partition coefficient (Wildman–Crippen LogP) is 3.01. The zero-order valence-corrected chi connectivity index (χ0v) is 12.8. The first-order valence-corrected chi connectivity index (χ1v) is 8.41. The summed E-state index contributed by atoms with van der Waals surface area (Å²) in [4.78, 5) is 2.74. The normalized spacial score (nSPS) is 21.2. The molecule has 1 heterocycles. The van der Waals surface area contributed by atoms with Crippen molar-refractivity contribution in [2.45, 2.75) is 57.5 Å². The second-order valence-corrected chi connectivity index (χ2v) is 6.43. The molecule has 1 aliphatic heterocycles. The lowest BCUT2D eigenvalue weighted by Gasteiger charge is -2.31. The number of rotatable bonds is 6. The van der Waals surface area contributed by atoms with Crippen molar-refractivity contribution in [2.75, 3.05) is 19.6 Å². The Morgan fingerprint density at radius 1 is 1.15 bits per heavy atom. The summed E-state index contributed by atoms with van der Waals surface area (Å²) in [5.41, 5.74) is 3.14. The van der Waals surface area contributed by atoms with Crippen LogP contribution in [0.5, 0.6) is 0 Å². The van der Waals surface area contributed by atoms with Gasteiger partial charge >= 0.3 is 0 Å². The molecule has 1 aliphatic carbocycles. The van der Waals surface area contributed by atoms with Gasteiger partial charge in [-0.05, 0) is 43.2 Å². The SMILES string of the molecule is CCCC(CNC1CC1)N1CCc2ccccc2CC1. The number of nitrogens with one attached hydrogen (secondary N) is 1. The molecule has 2 nitrogen and oxygen atoms in total. The van der Waals surface area contributed by atoms with Gasteiger partial charge in [-0.25, -0.2) is 0 Å². The molecule has 0 spiro atoms. The maximum absolute atomic E-state index is 3.74. The second kappa shape index (κ2) is 6.73. The molecule has 0 bridgehead atoms. The van der Waals surface area contributed by atoms with Crippen LogP contribution in [0.3, 0.4) is 0 Å². The highest BCUT2D eigenvalue weighted by Crippen LogP contribution is 2.21. The monoisotopic (exact) mass is 272 g/mol. The van der Waals surface area contributed by atoms with E-state index in [4.69, 9.17) is 0 Å². The van der Waals surface area contributed by atoms with E-state index in [2.05, 4.69) is 41.4 Å². The number of hydrogen-bond acceptors (Lipinski definition) is 2. The van der Waals surface area contributed by atoms with E-state index in [-0.39, 0.29) is 0 Å². The van der Waals surface area contributed by atoms with Crippen LogP contribution in [0.25, 0.3) is 0 Å². The van der Waals surface area contributed by atoms with Crippen LogP contribution in [0.4, 0.5) is 0 Å². The van der Waals surface area contributed by atoms with Gasteiger partial charge in [0.25, 0.3) is 0 Å². The fraction of sp³-hybridized carbons (Fsp3) is 0.667. The summed E-state index contributed by atoms with van der Waals surface area (Å²) in [6.07, 6.45) is 7.85. The Hall–Kier alpha value is -0.860. The van der Waals surface area contributed by atoms with E-state index in [9.17, 15) is 0 Å². The van der Waals surface area contributed by atoms with Crippen molar-refractivity contribution in [3.05, 3.63) is 35.4 Å². The quantitative estimate of drug-likeness (QED) is 0.856. The zero-order valence-electron chi connectivity index (χ0n) is 12.8. The molecule has 3 rings (SSSR count). The first kappa shape index (κ1) is 14.1. The van der Waals surface area contributed by atoms with Gasteiger partial charge in [0.1, 0.15) is 0 Å². The summed E-state index contributed by atoms with van der Waals surface area (Å²) >= 11 is 0. The fourth-order valence-electron chi connectivity index (χ4n) is 3.39. The highest BCUT2D eigenvalue weighted by molar-refractivity contribution is 5.28. The van der Waals surface area contributed by atoms with Gasteiger partial charge in [0, 0.05) is 31.7 Å². The Morgan fingerprint density at radius 2 is 1.80 bits per heavy atom. The van der Waals surface area contributed by atoms with Crippen LogP contribution in [0.2, 0.25) is 0 Å². The summed E-state index contributed by atoms with van der Waals surface area (Å²) in [7, 11) is 0. The number of fused-ring (bicyclic) bond motifs is 1. The van der Waals surface area contributed by atoms with E-state index in [0.29, 0.717) is 0 Å². The lowest BCUT2D eigenvalue weighted by atomic mass is 10.0. The molecule has 1 aromatic carbocycles. The van der Waals surface area contributed by atoms with Crippen LogP contribution in [0.15, 0.2) is 24.3 Å². The lowest BCUT2D eigenvalue weighted by molar-refractivity contribution is 0.189. The third-order valence-corrected chi connectivity index (χ3v) is 4.81. The molecular formula is C18H28N2. The van der Waals surface area contributed by atoms with Crippen LogP contribution in [0, 0.1) is 0 Å². The molecule has 1 N–H and O–H groups in total.